The van der Waals surface area contributed by atoms with Gasteiger partial charge in [0, 0.05) is 0 Å². The summed E-state index contributed by atoms with van der Waals surface area (Å²) >= 11 is 2.93. The van der Waals surface area contributed by atoms with Gasteiger partial charge in [-0.2, -0.15) is 0 Å². The van der Waals surface area contributed by atoms with Crippen molar-refractivity contribution in [1.82, 2.24) is 3.11 Å². The molecule has 1 rings (SSSR count). The van der Waals surface area contributed by atoms with Gasteiger partial charge in [0.05, 0.1) is 0 Å². The molecule has 0 bridgehead atoms. The van der Waals surface area contributed by atoms with Crippen molar-refractivity contribution in [3.8, 4) is 0 Å². The van der Waals surface area contributed by atoms with Crippen molar-refractivity contribution in [2.45, 2.75) is 26.4 Å². The molecule has 0 aromatic carbocycles. The molecule has 0 aliphatic carbocycles. The topological polar surface area (TPSA) is 29.5 Å². The molecule has 0 N–H and O–H groups in total. The van der Waals surface area contributed by atoms with Crippen molar-refractivity contribution in [3.05, 3.63) is 20.8 Å². The number of halogens is 2. The van der Waals surface area contributed by atoms with Crippen molar-refractivity contribution >= 4 is 22.0 Å². The maximum absolute atomic E-state index is 11.6. The Morgan fingerprint density at radius 2 is 2.21 bits per heavy atom. The SMILES string of the molecule is CC(C)(C)OC(=O)N1C=CC=C(Br)[I-]1. The molecule has 0 saturated heterocycles. The van der Waals surface area contributed by atoms with E-state index in [1.165, 1.54) is 0 Å². The van der Waals surface area contributed by atoms with Crippen LogP contribution in [0, 0.1) is 0 Å². The van der Waals surface area contributed by atoms with Gasteiger partial charge in [0.25, 0.3) is 0 Å². The van der Waals surface area contributed by atoms with Crippen LogP contribution in [-0.2, 0) is 4.74 Å². The number of carbonyl (C=O) groups excluding carboxylic acids is 1. The maximum atomic E-state index is 11.6. The van der Waals surface area contributed by atoms with Gasteiger partial charge in [-0.05, 0) is 0 Å². The Morgan fingerprint density at radius 1 is 1.57 bits per heavy atom. The predicted molar refractivity (Wildman–Crippen MR) is 54.2 cm³/mol. The van der Waals surface area contributed by atoms with Crippen LogP contribution in [0.3, 0.4) is 0 Å². The summed E-state index contributed by atoms with van der Waals surface area (Å²) in [5.74, 6) is 0. The molecule has 1 heterocycles. The Hall–Kier alpha value is -0.0400. The Labute approximate surface area is 103 Å². The second-order valence-electron chi connectivity index (χ2n) is 3.67. The van der Waals surface area contributed by atoms with Gasteiger partial charge in [0.15, 0.2) is 0 Å². The van der Waals surface area contributed by atoms with Gasteiger partial charge in [-0.25, -0.2) is 0 Å². The molecule has 0 spiro atoms. The summed E-state index contributed by atoms with van der Waals surface area (Å²) in [5, 5.41) is 0. The van der Waals surface area contributed by atoms with Crippen molar-refractivity contribution in [2.24, 2.45) is 0 Å². The Bertz CT molecular complexity index is 294. The fourth-order valence-electron chi connectivity index (χ4n) is 0.736. The minimum atomic E-state index is -0.459. The molecule has 0 saturated carbocycles. The molecule has 0 aromatic rings. The third-order valence-corrected chi connectivity index (χ3v) is 4.40. The fourth-order valence-corrected chi connectivity index (χ4v) is 3.36. The zero-order chi connectivity index (χ0) is 10.8. The summed E-state index contributed by atoms with van der Waals surface area (Å²) in [7, 11) is 0. The Morgan fingerprint density at radius 3 is 2.71 bits per heavy atom. The number of hydrogen-bond acceptors (Lipinski definition) is 2. The quantitative estimate of drug-likeness (QED) is 0.442. The summed E-state index contributed by atoms with van der Waals surface area (Å²) in [5.41, 5.74) is -0.428. The first-order valence-electron chi connectivity index (χ1n) is 4.10. The monoisotopic (exact) mass is 372 g/mol. The van der Waals surface area contributed by atoms with Crippen molar-refractivity contribution in [2.75, 3.05) is 0 Å². The first-order valence-corrected chi connectivity index (χ1v) is 6.93. The van der Waals surface area contributed by atoms with Crippen LogP contribution in [0.1, 0.15) is 20.8 Å². The van der Waals surface area contributed by atoms with Gasteiger partial charge in [-0.3, -0.25) is 0 Å². The van der Waals surface area contributed by atoms with E-state index in [9.17, 15) is 4.79 Å². The van der Waals surface area contributed by atoms with E-state index < -0.39 is 27.1 Å². The Kier molecular flexibility index (Phi) is 4.00. The Balaban J connectivity index is 2.56. The zero-order valence-electron chi connectivity index (χ0n) is 8.25. The van der Waals surface area contributed by atoms with Gasteiger partial charge in [0.1, 0.15) is 0 Å². The molecule has 80 valence electrons. The van der Waals surface area contributed by atoms with Crippen molar-refractivity contribution in [3.63, 3.8) is 0 Å². The van der Waals surface area contributed by atoms with E-state index in [4.69, 9.17) is 4.74 Å². The first kappa shape index (κ1) is 12.0. The number of allylic oxidation sites excluding steroid dienone is 2. The van der Waals surface area contributed by atoms with Gasteiger partial charge in [-0.15, -0.1) is 0 Å². The number of carbonyl (C=O) groups is 1. The molecular weight excluding hydrogens is 361 g/mol. The fraction of sp³-hybridized carbons (Fsp3) is 0.444. The van der Waals surface area contributed by atoms with Crippen LogP contribution in [-0.4, -0.2) is 14.8 Å². The molecule has 0 radical (unpaired) electrons. The van der Waals surface area contributed by atoms with Gasteiger partial charge >= 0.3 is 103 Å². The standard InChI is InChI=1S/C9H12BrINO2/c1-9(2,3)14-8(13)12-6-4-5-7(10)11-12/h4-6H,1-3H3/q-1. The molecule has 1 aliphatic rings. The van der Waals surface area contributed by atoms with E-state index in [1.807, 2.05) is 32.9 Å². The van der Waals surface area contributed by atoms with E-state index in [1.54, 1.807) is 9.31 Å². The number of hydrogen-bond donors (Lipinski definition) is 0. The average Bonchev–Trinajstić information content (AvgIpc) is 2.01. The molecule has 14 heavy (non-hydrogen) atoms. The third kappa shape index (κ3) is 4.00. The van der Waals surface area contributed by atoms with Crippen LogP contribution >= 0.6 is 15.9 Å². The average molecular weight is 373 g/mol. The normalized spacial score (nSPS) is 17.1. The van der Waals surface area contributed by atoms with Gasteiger partial charge in [0.2, 0.25) is 0 Å². The summed E-state index contributed by atoms with van der Waals surface area (Å²) in [6, 6.07) is 0. The molecule has 3 nitrogen and oxygen atoms in total. The summed E-state index contributed by atoms with van der Waals surface area (Å²) in [6.07, 6.45) is 5.27. The second-order valence-corrected chi connectivity index (χ2v) is 8.69. The van der Waals surface area contributed by atoms with Crippen molar-refractivity contribution < 1.29 is 31.0 Å². The molecule has 1 amide bonds. The zero-order valence-corrected chi connectivity index (χ0v) is 12.0. The summed E-state index contributed by atoms with van der Waals surface area (Å²) in [6.45, 7) is 5.59. The van der Waals surface area contributed by atoms with Gasteiger partial charge in [-0.1, -0.05) is 0 Å². The van der Waals surface area contributed by atoms with Crippen LogP contribution in [0.15, 0.2) is 20.8 Å². The van der Waals surface area contributed by atoms with E-state index in [2.05, 4.69) is 15.9 Å². The summed E-state index contributed by atoms with van der Waals surface area (Å²) in [4.78, 5) is 11.6. The van der Waals surface area contributed by atoms with Crippen molar-refractivity contribution in [1.29, 1.82) is 0 Å². The molecule has 5 heteroatoms. The molecule has 0 unspecified atom stereocenters. The number of rotatable bonds is 0. The number of nitrogens with zero attached hydrogens (tertiary/aromatic N) is 1. The number of amides is 1. The second kappa shape index (κ2) is 4.65. The van der Waals surface area contributed by atoms with Crippen LogP contribution in [0.5, 0.6) is 0 Å². The van der Waals surface area contributed by atoms with E-state index in [0.717, 1.165) is 2.49 Å². The number of ether oxygens (including phenoxy) is 1. The molecule has 0 fully saturated rings. The predicted octanol–water partition coefficient (Wildman–Crippen LogP) is -0.00890. The van der Waals surface area contributed by atoms with Gasteiger partial charge < -0.3 is 0 Å². The molecule has 1 aliphatic heterocycles. The molecule has 0 aromatic heterocycles. The summed E-state index contributed by atoms with van der Waals surface area (Å²) < 4.78 is 7.95. The first-order chi connectivity index (χ1) is 6.38. The van der Waals surface area contributed by atoms with Crippen LogP contribution < -0.4 is 21.5 Å². The van der Waals surface area contributed by atoms with E-state index in [-0.39, 0.29) is 6.09 Å². The van der Waals surface area contributed by atoms with Crippen LogP contribution in [0.2, 0.25) is 0 Å². The third-order valence-electron chi connectivity index (χ3n) is 1.18. The van der Waals surface area contributed by atoms with E-state index >= 15 is 0 Å². The molecular formula is C9H12BrINO2-. The minimum absolute atomic E-state index is 0.272. The molecule has 0 atom stereocenters. The van der Waals surface area contributed by atoms with Crippen LogP contribution in [0.4, 0.5) is 4.79 Å². The van der Waals surface area contributed by atoms with E-state index in [0.29, 0.717) is 0 Å². The van der Waals surface area contributed by atoms with Crippen LogP contribution in [0.25, 0.3) is 0 Å².